The average molecular weight is 737 g/mol. The molecule has 0 bridgehead atoms. The van der Waals surface area contributed by atoms with Crippen molar-refractivity contribution in [2.75, 3.05) is 24.2 Å². The average Bonchev–Trinajstić information content (AvgIpc) is 3.76. The molecule has 1 amide bonds. The van der Waals surface area contributed by atoms with Gasteiger partial charge in [-0.25, -0.2) is 12.7 Å². The van der Waals surface area contributed by atoms with Crippen LogP contribution in [0.25, 0.3) is 11.1 Å². The molecule has 12 heteroatoms. The van der Waals surface area contributed by atoms with Gasteiger partial charge in [-0.1, -0.05) is 95.2 Å². The van der Waals surface area contributed by atoms with E-state index in [2.05, 4.69) is 45.6 Å². The molecule has 5 rings (SSSR count). The smallest absolute Gasteiger partial charge is 0.269 e. The number of ether oxygens (including phenoxy) is 2. The molecule has 1 fully saturated rings. The Morgan fingerprint density at radius 1 is 1.06 bits per heavy atom. The Morgan fingerprint density at radius 3 is 2.43 bits per heavy atom. The summed E-state index contributed by atoms with van der Waals surface area (Å²) < 4.78 is 48.6. The lowest BCUT2D eigenvalue weighted by molar-refractivity contribution is -0.131. The molecule has 2 aromatic carbocycles. The standard InChI is InChI=1S/C39H56N4O6SSi/c1-9-10-17-36-40-39(20-13-14-21-39)38(44)42(36)25-31-18-19-32(34(24-31)48-26-28(2)3)33-15-11-12-16-35(33)50(45,46)43(27-47-22-23-51(6,7)8)37-29(4)30(5)41-49-37/h11-12,15-16,18-19,24,28H,9-10,13-14,17,20-23,25-27H2,1-8H3. The summed E-state index contributed by atoms with van der Waals surface area (Å²) in [5.74, 6) is 1.90. The number of carbonyl (C=O) groups excluding carboxylic acids is 1. The number of amides is 1. The van der Waals surface area contributed by atoms with Crippen LogP contribution in [0.1, 0.15) is 82.5 Å². The van der Waals surface area contributed by atoms with E-state index in [0.717, 1.165) is 62.4 Å². The van der Waals surface area contributed by atoms with Crippen LogP contribution in [-0.4, -0.2) is 63.8 Å². The van der Waals surface area contributed by atoms with Crippen molar-refractivity contribution in [1.82, 2.24) is 10.1 Å². The monoisotopic (exact) mass is 736 g/mol. The molecule has 1 spiro atoms. The van der Waals surface area contributed by atoms with E-state index in [9.17, 15) is 13.2 Å². The van der Waals surface area contributed by atoms with Gasteiger partial charge in [-0.05, 0) is 62.8 Å². The van der Waals surface area contributed by atoms with Crippen molar-refractivity contribution >= 4 is 35.7 Å². The van der Waals surface area contributed by atoms with E-state index in [4.69, 9.17) is 19.0 Å². The number of hydrogen-bond donors (Lipinski definition) is 0. The molecular formula is C39H56N4O6SSi. The third-order valence-electron chi connectivity index (χ3n) is 9.75. The highest BCUT2D eigenvalue weighted by atomic mass is 32.2. The van der Waals surface area contributed by atoms with Gasteiger partial charge in [0.25, 0.3) is 15.9 Å². The van der Waals surface area contributed by atoms with Gasteiger partial charge in [-0.15, -0.1) is 0 Å². The van der Waals surface area contributed by atoms with Gasteiger partial charge in [0, 0.05) is 37.8 Å². The van der Waals surface area contributed by atoms with Crippen molar-refractivity contribution < 1.29 is 27.2 Å². The Morgan fingerprint density at radius 2 is 1.78 bits per heavy atom. The number of amidine groups is 1. The van der Waals surface area contributed by atoms with Crippen LogP contribution in [0.5, 0.6) is 5.75 Å². The summed E-state index contributed by atoms with van der Waals surface area (Å²) in [7, 11) is -5.62. The first-order valence-corrected chi connectivity index (χ1v) is 23.6. The van der Waals surface area contributed by atoms with Gasteiger partial charge >= 0.3 is 0 Å². The van der Waals surface area contributed by atoms with E-state index < -0.39 is 23.6 Å². The summed E-state index contributed by atoms with van der Waals surface area (Å²) >= 11 is 0. The van der Waals surface area contributed by atoms with Crippen LogP contribution in [0, 0.1) is 19.8 Å². The fourth-order valence-corrected chi connectivity index (χ4v) is 8.88. The van der Waals surface area contributed by atoms with Crippen LogP contribution >= 0.6 is 0 Å². The fraction of sp³-hybridized carbons (Fsp3) is 0.564. The Kier molecular flexibility index (Phi) is 12.2. The van der Waals surface area contributed by atoms with E-state index in [1.807, 2.05) is 29.2 Å². The Bertz CT molecular complexity index is 1820. The zero-order chi connectivity index (χ0) is 37.0. The largest absolute Gasteiger partial charge is 0.493 e. The summed E-state index contributed by atoms with van der Waals surface area (Å²) in [4.78, 5) is 20.9. The van der Waals surface area contributed by atoms with Crippen LogP contribution in [0.4, 0.5) is 5.88 Å². The maximum atomic E-state index is 14.7. The zero-order valence-corrected chi connectivity index (χ0v) is 33.6. The number of rotatable bonds is 17. The maximum absolute atomic E-state index is 14.7. The number of hydrogen-bond acceptors (Lipinski definition) is 8. The summed E-state index contributed by atoms with van der Waals surface area (Å²) in [6.07, 6.45) is 6.41. The van der Waals surface area contributed by atoms with Crippen molar-refractivity contribution in [3.63, 3.8) is 0 Å². The van der Waals surface area contributed by atoms with Crippen LogP contribution in [0.3, 0.4) is 0 Å². The molecule has 1 saturated carbocycles. The van der Waals surface area contributed by atoms with Crippen molar-refractivity contribution in [1.29, 1.82) is 0 Å². The van der Waals surface area contributed by atoms with E-state index >= 15 is 0 Å². The summed E-state index contributed by atoms with van der Waals surface area (Å²) in [6, 6.07) is 13.7. The maximum Gasteiger partial charge on any atom is 0.269 e. The van der Waals surface area contributed by atoms with E-state index in [1.165, 1.54) is 4.31 Å². The lowest BCUT2D eigenvalue weighted by Gasteiger charge is -2.25. The SMILES string of the molecule is CCCCC1=NC2(CCCC2)C(=O)N1Cc1ccc(-c2ccccc2S(=O)(=O)N(COCC[Si](C)(C)C)c2onc(C)c2C)c(OCC(C)C)c1. The predicted octanol–water partition coefficient (Wildman–Crippen LogP) is 8.74. The number of aromatic nitrogens is 1. The highest BCUT2D eigenvalue weighted by molar-refractivity contribution is 7.93. The van der Waals surface area contributed by atoms with Gasteiger partial charge in [0.15, 0.2) is 0 Å². The number of benzene rings is 2. The van der Waals surface area contributed by atoms with Crippen molar-refractivity contribution in [3.8, 4) is 16.9 Å². The molecule has 1 aromatic heterocycles. The molecule has 2 aliphatic rings. The van der Waals surface area contributed by atoms with Crippen molar-refractivity contribution in [2.45, 2.75) is 122 Å². The quantitative estimate of drug-likeness (QED) is 0.0774. The van der Waals surface area contributed by atoms with Crippen LogP contribution in [0.2, 0.25) is 25.7 Å². The third-order valence-corrected chi connectivity index (χ3v) is 13.2. The van der Waals surface area contributed by atoms with Gasteiger partial charge in [0.2, 0.25) is 5.88 Å². The van der Waals surface area contributed by atoms with Crippen LogP contribution in [0.15, 0.2) is 56.9 Å². The van der Waals surface area contributed by atoms with Crippen molar-refractivity contribution in [2.24, 2.45) is 10.9 Å². The van der Waals surface area contributed by atoms with Crippen LogP contribution < -0.4 is 9.04 Å². The second-order valence-corrected chi connectivity index (χ2v) is 23.1. The molecule has 3 aromatic rings. The highest BCUT2D eigenvalue weighted by Gasteiger charge is 2.49. The lowest BCUT2D eigenvalue weighted by Crippen LogP contribution is -2.40. The summed E-state index contributed by atoms with van der Waals surface area (Å²) in [5, 5.41) is 4.06. The molecule has 10 nitrogen and oxygen atoms in total. The Hall–Kier alpha value is -3.48. The second-order valence-electron chi connectivity index (χ2n) is 15.7. The molecule has 0 N–H and O–H groups in total. The van der Waals surface area contributed by atoms with Gasteiger partial charge in [-0.3, -0.25) is 14.7 Å². The Labute approximate surface area is 305 Å². The molecule has 0 atom stereocenters. The van der Waals surface area contributed by atoms with Crippen molar-refractivity contribution in [3.05, 3.63) is 59.3 Å². The second kappa shape index (κ2) is 16.0. The zero-order valence-electron chi connectivity index (χ0n) is 31.8. The molecule has 0 saturated heterocycles. The number of unbranched alkanes of at least 4 members (excludes halogenated alkanes) is 1. The first kappa shape index (κ1) is 38.7. The molecular weight excluding hydrogens is 681 g/mol. The first-order valence-electron chi connectivity index (χ1n) is 18.5. The lowest BCUT2D eigenvalue weighted by atomic mass is 9.98. The highest BCUT2D eigenvalue weighted by Crippen LogP contribution is 2.42. The number of anilines is 1. The normalized spacial score (nSPS) is 16.1. The number of aliphatic imine (C=N–C) groups is 1. The number of sulfonamides is 1. The van der Waals surface area contributed by atoms with E-state index in [1.54, 1.807) is 32.0 Å². The molecule has 0 radical (unpaired) electrons. The molecule has 1 aliphatic carbocycles. The number of carbonyl (C=O) groups is 1. The Balaban J connectivity index is 1.52. The van der Waals surface area contributed by atoms with Gasteiger partial charge in [-0.2, -0.15) is 0 Å². The summed E-state index contributed by atoms with van der Waals surface area (Å²) in [5.41, 5.74) is 2.67. The molecule has 51 heavy (non-hydrogen) atoms. The van der Waals surface area contributed by atoms with Gasteiger partial charge in [0.05, 0.1) is 23.7 Å². The summed E-state index contributed by atoms with van der Waals surface area (Å²) in [6.45, 7) is 17.7. The van der Waals surface area contributed by atoms with E-state index in [0.29, 0.717) is 47.9 Å². The number of aryl methyl sites for hydroxylation is 1. The van der Waals surface area contributed by atoms with Gasteiger partial charge < -0.3 is 14.0 Å². The molecule has 2 heterocycles. The molecule has 278 valence electrons. The van der Waals surface area contributed by atoms with E-state index in [-0.39, 0.29) is 29.3 Å². The fourth-order valence-electron chi connectivity index (χ4n) is 6.58. The minimum Gasteiger partial charge on any atom is -0.493 e. The number of nitrogens with zero attached hydrogens (tertiary/aromatic N) is 4. The minimum atomic E-state index is -4.21. The third kappa shape index (κ3) is 8.77. The molecule has 1 aliphatic heterocycles. The first-order chi connectivity index (χ1) is 24.2. The predicted molar refractivity (Wildman–Crippen MR) is 206 cm³/mol. The minimum absolute atomic E-state index is 0.0984. The molecule has 0 unspecified atom stereocenters. The van der Waals surface area contributed by atoms with Gasteiger partial charge in [0.1, 0.15) is 23.9 Å². The van der Waals surface area contributed by atoms with Crippen LogP contribution in [-0.2, 0) is 26.1 Å². The topological polar surface area (TPSA) is 115 Å².